The number of imidazole rings is 1. The van der Waals surface area contributed by atoms with E-state index in [0.717, 1.165) is 56.2 Å². The number of hydrogen-bond acceptors (Lipinski definition) is 4. The second-order valence-corrected chi connectivity index (χ2v) is 8.25. The Morgan fingerprint density at radius 3 is 2.70 bits per heavy atom. The number of nitrogens with one attached hydrogen (secondary N) is 1. The first-order chi connectivity index (χ1) is 15.8. The third-order valence-electron chi connectivity index (χ3n) is 5.94. The number of ether oxygens (including phenoxy) is 2. The van der Waals surface area contributed by atoms with Crippen molar-refractivity contribution in [3.8, 4) is 0 Å². The maximum absolute atomic E-state index is 5.70. The maximum Gasteiger partial charge on any atom is 0.193 e. The number of para-hydroxylation sites is 2. The first kappa shape index (κ1) is 25.5. The van der Waals surface area contributed by atoms with Gasteiger partial charge >= 0.3 is 0 Å². The number of fused-ring (bicyclic) bond motifs is 1. The molecule has 0 saturated carbocycles. The Kier molecular flexibility index (Phi) is 9.95. The smallest absolute Gasteiger partial charge is 0.193 e. The molecule has 0 spiro atoms. The zero-order chi connectivity index (χ0) is 22.2. The molecule has 33 heavy (non-hydrogen) atoms. The molecule has 1 saturated heterocycles. The molecule has 7 nitrogen and oxygen atoms in total. The summed E-state index contributed by atoms with van der Waals surface area (Å²) < 4.78 is 12.9. The number of benzene rings is 2. The summed E-state index contributed by atoms with van der Waals surface area (Å²) in [5.41, 5.74) is 4.70. The lowest BCUT2D eigenvalue weighted by Gasteiger charge is -2.22. The van der Waals surface area contributed by atoms with E-state index in [1.807, 2.05) is 25.5 Å². The molecule has 8 heteroatoms. The van der Waals surface area contributed by atoms with Gasteiger partial charge < -0.3 is 24.3 Å². The fourth-order valence-corrected chi connectivity index (χ4v) is 4.16. The minimum Gasteiger partial charge on any atom is -0.382 e. The minimum atomic E-state index is 0. The number of aliphatic imine (C=N–C) groups is 1. The zero-order valence-corrected chi connectivity index (χ0v) is 21.8. The van der Waals surface area contributed by atoms with E-state index in [-0.39, 0.29) is 24.0 Å². The highest BCUT2D eigenvalue weighted by molar-refractivity contribution is 14.0. The van der Waals surface area contributed by atoms with Crippen LogP contribution in [-0.2, 0) is 22.6 Å². The molecule has 1 unspecified atom stereocenters. The zero-order valence-electron chi connectivity index (χ0n) is 19.4. The summed E-state index contributed by atoms with van der Waals surface area (Å²) in [6.45, 7) is 5.65. The number of aromatic nitrogens is 2. The average Bonchev–Trinajstić information content (AvgIpc) is 3.46. The normalized spacial score (nSPS) is 16.2. The van der Waals surface area contributed by atoms with E-state index >= 15 is 0 Å². The highest BCUT2D eigenvalue weighted by atomic mass is 127. The maximum atomic E-state index is 5.70. The predicted octanol–water partition coefficient (Wildman–Crippen LogP) is 3.76. The summed E-state index contributed by atoms with van der Waals surface area (Å²) in [6.07, 6.45) is 3.04. The third-order valence-corrected chi connectivity index (χ3v) is 5.94. The molecule has 0 radical (unpaired) electrons. The summed E-state index contributed by atoms with van der Waals surface area (Å²) in [5.74, 6) is 1.50. The van der Waals surface area contributed by atoms with Crippen LogP contribution in [0.2, 0.25) is 0 Å². The van der Waals surface area contributed by atoms with E-state index in [2.05, 4.69) is 61.2 Å². The van der Waals surface area contributed by atoms with Crippen LogP contribution in [0.4, 0.5) is 0 Å². The molecule has 2 heterocycles. The fourth-order valence-electron chi connectivity index (χ4n) is 4.16. The van der Waals surface area contributed by atoms with Gasteiger partial charge in [0.15, 0.2) is 5.96 Å². The van der Waals surface area contributed by atoms with Crippen LogP contribution in [0.5, 0.6) is 0 Å². The molecule has 0 amide bonds. The van der Waals surface area contributed by atoms with Gasteiger partial charge in [0.1, 0.15) is 0 Å². The van der Waals surface area contributed by atoms with Crippen molar-refractivity contribution in [1.82, 2.24) is 19.8 Å². The van der Waals surface area contributed by atoms with Gasteiger partial charge in [-0.1, -0.05) is 36.4 Å². The molecule has 1 aromatic heterocycles. The molecule has 1 aliphatic rings. The van der Waals surface area contributed by atoms with E-state index in [1.54, 1.807) is 7.11 Å². The molecule has 1 fully saturated rings. The average molecular weight is 563 g/mol. The Morgan fingerprint density at radius 1 is 1.12 bits per heavy atom. The highest BCUT2D eigenvalue weighted by Gasteiger charge is 2.24. The van der Waals surface area contributed by atoms with Crippen LogP contribution >= 0.6 is 24.0 Å². The molecule has 0 bridgehead atoms. The molecule has 178 valence electrons. The molecule has 1 atom stereocenters. The van der Waals surface area contributed by atoms with Crippen molar-refractivity contribution in [2.45, 2.75) is 19.5 Å². The van der Waals surface area contributed by atoms with Gasteiger partial charge in [0, 0.05) is 46.3 Å². The number of guanidine groups is 1. The van der Waals surface area contributed by atoms with Crippen molar-refractivity contribution in [2.24, 2.45) is 10.9 Å². The van der Waals surface area contributed by atoms with Crippen molar-refractivity contribution in [2.75, 3.05) is 47.1 Å². The van der Waals surface area contributed by atoms with Gasteiger partial charge in [0.05, 0.1) is 37.2 Å². The predicted molar refractivity (Wildman–Crippen MR) is 143 cm³/mol. The molecule has 1 aliphatic heterocycles. The fraction of sp³-hybridized carbons (Fsp3) is 0.440. The highest BCUT2D eigenvalue weighted by Crippen LogP contribution is 2.17. The van der Waals surface area contributed by atoms with Crippen molar-refractivity contribution in [1.29, 1.82) is 0 Å². The quantitative estimate of drug-likeness (QED) is 0.186. The van der Waals surface area contributed by atoms with Crippen LogP contribution in [0, 0.1) is 5.92 Å². The van der Waals surface area contributed by atoms with Gasteiger partial charge in [0.2, 0.25) is 0 Å². The van der Waals surface area contributed by atoms with Crippen LogP contribution in [0.3, 0.4) is 0 Å². The number of likely N-dealkylation sites (tertiary alicyclic amines) is 1. The van der Waals surface area contributed by atoms with Gasteiger partial charge in [-0.2, -0.15) is 0 Å². The van der Waals surface area contributed by atoms with Crippen molar-refractivity contribution in [3.05, 3.63) is 66.0 Å². The standard InChI is InChI=1S/C25H33N5O2.HI/c1-26-25(29-12-11-22(17-29)18-32-14-13-31-2)27-15-20-7-9-21(10-8-20)16-30-19-28-23-5-3-4-6-24(23)30;/h3-10,19,22H,11-18H2,1-2H3,(H,26,27);1H. The Bertz CT molecular complexity index is 1020. The first-order valence-electron chi connectivity index (χ1n) is 11.3. The van der Waals surface area contributed by atoms with Gasteiger partial charge in [-0.15, -0.1) is 24.0 Å². The van der Waals surface area contributed by atoms with E-state index in [1.165, 1.54) is 11.1 Å². The van der Waals surface area contributed by atoms with Crippen molar-refractivity contribution >= 4 is 41.0 Å². The summed E-state index contributed by atoms with van der Waals surface area (Å²) in [4.78, 5) is 11.3. The number of nitrogens with zero attached hydrogens (tertiary/aromatic N) is 4. The van der Waals surface area contributed by atoms with E-state index in [0.29, 0.717) is 19.1 Å². The Morgan fingerprint density at radius 2 is 1.91 bits per heavy atom. The lowest BCUT2D eigenvalue weighted by molar-refractivity contribution is 0.0536. The second-order valence-electron chi connectivity index (χ2n) is 8.25. The van der Waals surface area contributed by atoms with Gasteiger partial charge in [0.25, 0.3) is 0 Å². The van der Waals surface area contributed by atoms with E-state index in [9.17, 15) is 0 Å². The minimum absolute atomic E-state index is 0. The molecule has 4 rings (SSSR count). The monoisotopic (exact) mass is 563 g/mol. The van der Waals surface area contributed by atoms with Crippen LogP contribution in [0.1, 0.15) is 17.5 Å². The summed E-state index contributed by atoms with van der Waals surface area (Å²) in [7, 11) is 3.55. The molecule has 0 aliphatic carbocycles. The summed E-state index contributed by atoms with van der Waals surface area (Å²) in [6, 6.07) is 17.0. The second kappa shape index (κ2) is 12.9. The van der Waals surface area contributed by atoms with Gasteiger partial charge in [-0.05, 0) is 29.7 Å². The molecule has 2 aromatic carbocycles. The summed E-state index contributed by atoms with van der Waals surface area (Å²) in [5, 5.41) is 3.51. The molecule has 3 aromatic rings. The topological polar surface area (TPSA) is 63.9 Å². The molecular formula is C25H34IN5O2. The number of rotatable bonds is 9. The lowest BCUT2D eigenvalue weighted by Crippen LogP contribution is -2.39. The number of methoxy groups -OCH3 is 1. The van der Waals surface area contributed by atoms with E-state index < -0.39 is 0 Å². The first-order valence-corrected chi connectivity index (χ1v) is 11.3. The lowest BCUT2D eigenvalue weighted by atomic mass is 10.1. The van der Waals surface area contributed by atoms with Crippen LogP contribution in [0.15, 0.2) is 59.9 Å². The van der Waals surface area contributed by atoms with Crippen molar-refractivity contribution in [3.63, 3.8) is 0 Å². The third kappa shape index (κ3) is 6.91. The number of hydrogen-bond donors (Lipinski definition) is 1. The van der Waals surface area contributed by atoms with Crippen LogP contribution in [-0.4, -0.2) is 67.5 Å². The molecular weight excluding hydrogens is 529 g/mol. The number of halogens is 1. The van der Waals surface area contributed by atoms with Gasteiger partial charge in [-0.3, -0.25) is 4.99 Å². The SMILES string of the molecule is CN=C(NCc1ccc(Cn2cnc3ccccc32)cc1)N1CCC(COCCOC)C1.I. The largest absolute Gasteiger partial charge is 0.382 e. The van der Waals surface area contributed by atoms with Gasteiger partial charge in [-0.25, -0.2) is 4.98 Å². The van der Waals surface area contributed by atoms with Crippen molar-refractivity contribution < 1.29 is 9.47 Å². The van der Waals surface area contributed by atoms with Crippen LogP contribution < -0.4 is 5.32 Å². The van der Waals surface area contributed by atoms with Crippen LogP contribution in [0.25, 0.3) is 11.0 Å². The summed E-state index contributed by atoms with van der Waals surface area (Å²) >= 11 is 0. The Hall–Kier alpha value is -2.17. The Labute approximate surface area is 213 Å². The Balaban J connectivity index is 0.00000306. The molecule has 1 N–H and O–H groups in total. The van der Waals surface area contributed by atoms with E-state index in [4.69, 9.17) is 9.47 Å².